The van der Waals surface area contributed by atoms with Crippen molar-refractivity contribution in [2.24, 2.45) is 22.7 Å². The van der Waals surface area contributed by atoms with E-state index in [1.54, 1.807) is 0 Å². The molecule has 132 valence electrons. The summed E-state index contributed by atoms with van der Waals surface area (Å²) in [7, 11) is 0. The standard InChI is InChI=1S/C21H42O/c1-17(2)11-9-14-20(5,6)18(3)12-10-15-21(7,8)19(4)13-16-22/h13,17-18,22H,9-12,14-16H2,1-8H3. The third-order valence-electron chi connectivity index (χ3n) is 5.84. The largest absolute Gasteiger partial charge is 0.392 e. The minimum atomic E-state index is 0.161. The predicted molar refractivity (Wildman–Crippen MR) is 100 cm³/mol. The molecule has 0 aromatic rings. The molecule has 0 fully saturated rings. The van der Waals surface area contributed by atoms with Crippen molar-refractivity contribution in [3.8, 4) is 0 Å². The summed E-state index contributed by atoms with van der Waals surface area (Å²) in [4.78, 5) is 0. The maximum Gasteiger partial charge on any atom is 0.0615 e. The molecule has 1 heteroatoms. The second-order valence-corrected chi connectivity index (χ2v) is 9.02. The summed E-state index contributed by atoms with van der Waals surface area (Å²) in [5, 5.41) is 9.07. The van der Waals surface area contributed by atoms with Crippen molar-refractivity contribution in [2.75, 3.05) is 6.61 Å². The van der Waals surface area contributed by atoms with Crippen LogP contribution in [0.3, 0.4) is 0 Å². The van der Waals surface area contributed by atoms with Crippen molar-refractivity contribution in [3.05, 3.63) is 11.6 Å². The van der Waals surface area contributed by atoms with Crippen LogP contribution in [0.25, 0.3) is 0 Å². The van der Waals surface area contributed by atoms with Gasteiger partial charge in [-0.1, -0.05) is 85.8 Å². The average molecular weight is 311 g/mol. The fourth-order valence-electron chi connectivity index (χ4n) is 3.06. The summed E-state index contributed by atoms with van der Waals surface area (Å²) in [6.45, 7) is 18.9. The van der Waals surface area contributed by atoms with Gasteiger partial charge in [0, 0.05) is 0 Å². The molecule has 22 heavy (non-hydrogen) atoms. The zero-order valence-electron chi connectivity index (χ0n) is 16.6. The first kappa shape index (κ1) is 21.7. The summed E-state index contributed by atoms with van der Waals surface area (Å²) < 4.78 is 0. The van der Waals surface area contributed by atoms with Gasteiger partial charge in [0.1, 0.15) is 0 Å². The van der Waals surface area contributed by atoms with Gasteiger partial charge in [0.15, 0.2) is 0 Å². The molecular formula is C21H42O. The number of aliphatic hydroxyl groups excluding tert-OH is 1. The third kappa shape index (κ3) is 8.36. The van der Waals surface area contributed by atoms with E-state index >= 15 is 0 Å². The number of allylic oxidation sites excluding steroid dienone is 1. The highest BCUT2D eigenvalue weighted by atomic mass is 16.2. The molecule has 0 aliphatic rings. The first-order valence-electron chi connectivity index (χ1n) is 9.31. The van der Waals surface area contributed by atoms with Gasteiger partial charge in [-0.15, -0.1) is 0 Å². The van der Waals surface area contributed by atoms with E-state index in [-0.39, 0.29) is 12.0 Å². The van der Waals surface area contributed by atoms with Crippen LogP contribution in [0, 0.1) is 22.7 Å². The molecule has 0 aromatic carbocycles. The van der Waals surface area contributed by atoms with Crippen LogP contribution in [0.5, 0.6) is 0 Å². The SMILES string of the molecule is CC(=CCO)C(C)(C)CCCC(C)C(C)(C)CCCC(C)C. The molecule has 0 radical (unpaired) electrons. The van der Waals surface area contributed by atoms with Gasteiger partial charge in [-0.3, -0.25) is 0 Å². The van der Waals surface area contributed by atoms with Crippen LogP contribution in [0.2, 0.25) is 0 Å². The highest BCUT2D eigenvalue weighted by Crippen LogP contribution is 2.38. The fraction of sp³-hybridized carbons (Fsp3) is 0.905. The second-order valence-electron chi connectivity index (χ2n) is 9.02. The Bertz CT molecular complexity index is 323. The Morgan fingerprint density at radius 2 is 1.50 bits per heavy atom. The lowest BCUT2D eigenvalue weighted by molar-refractivity contribution is 0.182. The van der Waals surface area contributed by atoms with E-state index in [4.69, 9.17) is 5.11 Å². The van der Waals surface area contributed by atoms with E-state index in [1.165, 1.54) is 44.1 Å². The molecule has 0 heterocycles. The smallest absolute Gasteiger partial charge is 0.0615 e. The molecule has 0 bridgehead atoms. The average Bonchev–Trinajstić information content (AvgIpc) is 2.37. The Morgan fingerprint density at radius 1 is 0.955 bits per heavy atom. The maximum atomic E-state index is 9.07. The Balaban J connectivity index is 4.26. The Morgan fingerprint density at radius 3 is 2.00 bits per heavy atom. The molecule has 0 saturated carbocycles. The molecule has 0 amide bonds. The minimum Gasteiger partial charge on any atom is -0.392 e. The molecule has 1 atom stereocenters. The van der Waals surface area contributed by atoms with Gasteiger partial charge < -0.3 is 5.11 Å². The summed E-state index contributed by atoms with van der Waals surface area (Å²) >= 11 is 0. The second kappa shape index (κ2) is 9.75. The number of aliphatic hydroxyl groups is 1. The van der Waals surface area contributed by atoms with E-state index < -0.39 is 0 Å². The zero-order valence-corrected chi connectivity index (χ0v) is 16.6. The molecule has 1 nitrogen and oxygen atoms in total. The van der Waals surface area contributed by atoms with E-state index in [1.807, 2.05) is 6.08 Å². The molecule has 0 rings (SSSR count). The Hall–Kier alpha value is -0.300. The lowest BCUT2D eigenvalue weighted by Gasteiger charge is -2.34. The van der Waals surface area contributed by atoms with Crippen LogP contribution in [-0.4, -0.2) is 11.7 Å². The topological polar surface area (TPSA) is 20.2 Å². The Kier molecular flexibility index (Phi) is 9.62. The summed E-state index contributed by atoms with van der Waals surface area (Å²) in [6, 6.07) is 0. The first-order valence-corrected chi connectivity index (χ1v) is 9.31. The van der Waals surface area contributed by atoms with Gasteiger partial charge in [0.2, 0.25) is 0 Å². The molecule has 1 unspecified atom stereocenters. The van der Waals surface area contributed by atoms with Gasteiger partial charge >= 0.3 is 0 Å². The lowest BCUT2D eigenvalue weighted by Crippen LogP contribution is -2.22. The van der Waals surface area contributed by atoms with Crippen LogP contribution in [0.4, 0.5) is 0 Å². The van der Waals surface area contributed by atoms with Crippen molar-refractivity contribution in [2.45, 2.75) is 93.9 Å². The molecule has 1 N–H and O–H groups in total. The monoisotopic (exact) mass is 310 g/mol. The van der Waals surface area contributed by atoms with Crippen molar-refractivity contribution >= 4 is 0 Å². The van der Waals surface area contributed by atoms with E-state index in [2.05, 4.69) is 55.4 Å². The van der Waals surface area contributed by atoms with Gasteiger partial charge in [0.25, 0.3) is 0 Å². The number of rotatable bonds is 11. The number of hydrogen-bond acceptors (Lipinski definition) is 1. The normalized spacial score (nSPS) is 15.5. The van der Waals surface area contributed by atoms with E-state index in [0.29, 0.717) is 5.41 Å². The molecule has 0 saturated heterocycles. The third-order valence-corrected chi connectivity index (χ3v) is 5.84. The number of hydrogen-bond donors (Lipinski definition) is 1. The molecular weight excluding hydrogens is 268 g/mol. The molecule has 0 aliphatic heterocycles. The quantitative estimate of drug-likeness (QED) is 0.426. The van der Waals surface area contributed by atoms with Crippen molar-refractivity contribution in [1.82, 2.24) is 0 Å². The lowest BCUT2D eigenvalue weighted by atomic mass is 9.72. The van der Waals surface area contributed by atoms with Gasteiger partial charge in [-0.2, -0.15) is 0 Å². The zero-order chi connectivity index (χ0) is 17.4. The van der Waals surface area contributed by atoms with Crippen molar-refractivity contribution in [1.29, 1.82) is 0 Å². The van der Waals surface area contributed by atoms with Gasteiger partial charge in [-0.25, -0.2) is 0 Å². The van der Waals surface area contributed by atoms with Crippen molar-refractivity contribution in [3.63, 3.8) is 0 Å². The van der Waals surface area contributed by atoms with E-state index in [9.17, 15) is 0 Å². The summed E-state index contributed by atoms with van der Waals surface area (Å²) in [5.41, 5.74) is 1.98. The van der Waals surface area contributed by atoms with Crippen LogP contribution >= 0.6 is 0 Å². The minimum absolute atomic E-state index is 0.161. The van der Waals surface area contributed by atoms with Crippen LogP contribution in [0.1, 0.15) is 93.9 Å². The summed E-state index contributed by atoms with van der Waals surface area (Å²) in [6.07, 6.45) is 9.82. The first-order chi connectivity index (χ1) is 10.0. The molecule has 0 aliphatic carbocycles. The van der Waals surface area contributed by atoms with E-state index in [0.717, 1.165) is 11.8 Å². The molecule has 0 aromatic heterocycles. The predicted octanol–water partition coefficient (Wildman–Crippen LogP) is 6.61. The van der Waals surface area contributed by atoms with Crippen molar-refractivity contribution < 1.29 is 5.11 Å². The summed E-state index contributed by atoms with van der Waals surface area (Å²) in [5.74, 6) is 1.60. The molecule has 0 spiro atoms. The highest BCUT2D eigenvalue weighted by Gasteiger charge is 2.26. The van der Waals surface area contributed by atoms with Crippen LogP contribution in [0.15, 0.2) is 11.6 Å². The van der Waals surface area contributed by atoms with Gasteiger partial charge in [-0.05, 0) is 42.4 Å². The van der Waals surface area contributed by atoms with Gasteiger partial charge in [0.05, 0.1) is 6.61 Å². The Labute approximate surface area is 140 Å². The maximum absolute atomic E-state index is 9.07. The highest BCUT2D eigenvalue weighted by molar-refractivity contribution is 5.08. The van der Waals surface area contributed by atoms with Crippen LogP contribution < -0.4 is 0 Å². The van der Waals surface area contributed by atoms with Crippen LogP contribution in [-0.2, 0) is 0 Å². The fourth-order valence-corrected chi connectivity index (χ4v) is 3.06.